The van der Waals surface area contributed by atoms with Crippen LogP contribution in [0.25, 0.3) is 0 Å². The molecule has 1 saturated heterocycles. The quantitative estimate of drug-likeness (QED) is 0.713. The first-order valence-electron chi connectivity index (χ1n) is 9.30. The van der Waals surface area contributed by atoms with Crippen molar-refractivity contribution in [3.63, 3.8) is 0 Å². The van der Waals surface area contributed by atoms with Gasteiger partial charge in [-0.3, -0.25) is 19.3 Å². The third-order valence-corrected chi connectivity index (χ3v) is 4.75. The Hall–Kier alpha value is -3.19. The summed E-state index contributed by atoms with van der Waals surface area (Å²) < 4.78 is 0. The summed E-state index contributed by atoms with van der Waals surface area (Å²) in [6, 6.07) is 16.0. The van der Waals surface area contributed by atoms with Crippen molar-refractivity contribution in [1.82, 2.24) is 4.90 Å². The Bertz CT molecular complexity index is 854. The molecule has 1 unspecified atom stereocenters. The van der Waals surface area contributed by atoms with Gasteiger partial charge in [-0.1, -0.05) is 30.3 Å². The van der Waals surface area contributed by atoms with Crippen molar-refractivity contribution < 1.29 is 14.4 Å². The number of benzene rings is 2. The van der Waals surface area contributed by atoms with Gasteiger partial charge in [0.05, 0.1) is 23.7 Å². The highest BCUT2D eigenvalue weighted by Gasteiger charge is 2.27. The standard InChI is InChI=1S/C21H24N4O3/c22-20(27)17-10-4-5-11-18(17)24-19(26)14-25-12-6-7-15(13-25)21(28)23-16-8-2-1-3-9-16/h1-5,8-11,15H,6-7,12-14H2,(H2,22,27)(H,23,28)(H,24,26). The van der Waals surface area contributed by atoms with Gasteiger partial charge in [0.25, 0.3) is 5.91 Å². The predicted molar refractivity (Wildman–Crippen MR) is 108 cm³/mol. The first-order chi connectivity index (χ1) is 13.5. The van der Waals surface area contributed by atoms with Crippen LogP contribution in [0, 0.1) is 5.92 Å². The zero-order valence-corrected chi connectivity index (χ0v) is 15.6. The van der Waals surface area contributed by atoms with Crippen molar-refractivity contribution in [3.05, 3.63) is 60.2 Å². The van der Waals surface area contributed by atoms with Crippen molar-refractivity contribution in [2.24, 2.45) is 11.7 Å². The molecule has 1 fully saturated rings. The lowest BCUT2D eigenvalue weighted by atomic mass is 9.97. The van der Waals surface area contributed by atoms with Crippen LogP contribution in [0.3, 0.4) is 0 Å². The number of amides is 3. The van der Waals surface area contributed by atoms with Crippen LogP contribution in [0.2, 0.25) is 0 Å². The number of carbonyl (C=O) groups excluding carboxylic acids is 3. The second-order valence-corrected chi connectivity index (χ2v) is 6.89. The molecule has 4 N–H and O–H groups in total. The second kappa shape index (κ2) is 9.14. The molecule has 0 spiro atoms. The van der Waals surface area contributed by atoms with Gasteiger partial charge in [0.1, 0.15) is 0 Å². The maximum atomic E-state index is 12.5. The smallest absolute Gasteiger partial charge is 0.250 e. The molecule has 1 heterocycles. The lowest BCUT2D eigenvalue weighted by Crippen LogP contribution is -2.44. The molecule has 0 aliphatic carbocycles. The largest absolute Gasteiger partial charge is 0.366 e. The van der Waals surface area contributed by atoms with Crippen molar-refractivity contribution >= 4 is 29.1 Å². The van der Waals surface area contributed by atoms with E-state index in [9.17, 15) is 14.4 Å². The summed E-state index contributed by atoms with van der Waals surface area (Å²) in [6.45, 7) is 1.42. The van der Waals surface area contributed by atoms with E-state index in [1.165, 1.54) is 0 Å². The Kier molecular flexibility index (Phi) is 6.39. The van der Waals surface area contributed by atoms with E-state index in [2.05, 4.69) is 10.6 Å². The maximum absolute atomic E-state index is 12.5. The van der Waals surface area contributed by atoms with Gasteiger partial charge in [0.2, 0.25) is 11.8 Å². The maximum Gasteiger partial charge on any atom is 0.250 e. The summed E-state index contributed by atoms with van der Waals surface area (Å²) in [6.07, 6.45) is 1.64. The van der Waals surface area contributed by atoms with Crippen molar-refractivity contribution in [2.75, 3.05) is 30.3 Å². The molecule has 1 aliphatic heterocycles. The SMILES string of the molecule is NC(=O)c1ccccc1NC(=O)CN1CCCC(C(=O)Nc2ccccc2)C1. The minimum atomic E-state index is -0.591. The number of hydrogen-bond acceptors (Lipinski definition) is 4. The van der Waals surface area contributed by atoms with E-state index in [-0.39, 0.29) is 29.8 Å². The summed E-state index contributed by atoms with van der Waals surface area (Å²) in [5.41, 5.74) is 6.78. The van der Waals surface area contributed by atoms with E-state index in [4.69, 9.17) is 5.73 Å². The average Bonchev–Trinajstić information content (AvgIpc) is 2.69. The Labute approximate surface area is 163 Å². The monoisotopic (exact) mass is 380 g/mol. The van der Waals surface area contributed by atoms with Crippen LogP contribution in [0.1, 0.15) is 23.2 Å². The van der Waals surface area contributed by atoms with Gasteiger partial charge in [-0.05, 0) is 43.7 Å². The molecule has 146 valence electrons. The first kappa shape index (κ1) is 19.6. The van der Waals surface area contributed by atoms with Gasteiger partial charge in [-0.15, -0.1) is 0 Å². The summed E-state index contributed by atoms with van der Waals surface area (Å²) in [5, 5.41) is 5.67. The number of primary amides is 1. The number of hydrogen-bond donors (Lipinski definition) is 3. The molecule has 0 bridgehead atoms. The third kappa shape index (κ3) is 5.17. The number of nitrogens with zero attached hydrogens (tertiary/aromatic N) is 1. The van der Waals surface area contributed by atoms with E-state index < -0.39 is 5.91 Å². The van der Waals surface area contributed by atoms with Gasteiger partial charge < -0.3 is 16.4 Å². The van der Waals surface area contributed by atoms with E-state index in [0.29, 0.717) is 12.2 Å². The van der Waals surface area contributed by atoms with Gasteiger partial charge in [-0.2, -0.15) is 0 Å². The number of likely N-dealkylation sites (tertiary alicyclic amines) is 1. The predicted octanol–water partition coefficient (Wildman–Crippen LogP) is 2.07. The fraction of sp³-hybridized carbons (Fsp3) is 0.286. The highest BCUT2D eigenvalue weighted by atomic mass is 16.2. The molecule has 28 heavy (non-hydrogen) atoms. The van der Waals surface area contributed by atoms with E-state index in [1.807, 2.05) is 35.2 Å². The van der Waals surface area contributed by atoms with Crippen LogP contribution < -0.4 is 16.4 Å². The number of piperidine rings is 1. The van der Waals surface area contributed by atoms with Crippen LogP contribution in [0.15, 0.2) is 54.6 Å². The summed E-state index contributed by atoms with van der Waals surface area (Å²) in [7, 11) is 0. The van der Waals surface area contributed by atoms with Gasteiger partial charge in [0, 0.05) is 12.2 Å². The van der Waals surface area contributed by atoms with Gasteiger partial charge in [-0.25, -0.2) is 0 Å². The first-order valence-corrected chi connectivity index (χ1v) is 9.30. The molecular weight excluding hydrogens is 356 g/mol. The lowest BCUT2D eigenvalue weighted by molar-refractivity contribution is -0.123. The fourth-order valence-corrected chi connectivity index (χ4v) is 3.38. The Morgan fingerprint density at radius 2 is 1.71 bits per heavy atom. The highest BCUT2D eigenvalue weighted by Crippen LogP contribution is 2.19. The number of para-hydroxylation sites is 2. The molecule has 2 aromatic carbocycles. The average molecular weight is 380 g/mol. The molecule has 7 heteroatoms. The van der Waals surface area contributed by atoms with Crippen molar-refractivity contribution in [2.45, 2.75) is 12.8 Å². The Balaban J connectivity index is 1.55. The van der Waals surface area contributed by atoms with Crippen molar-refractivity contribution in [3.8, 4) is 0 Å². The molecule has 0 radical (unpaired) electrons. The van der Waals surface area contributed by atoms with Crippen LogP contribution in [0.5, 0.6) is 0 Å². The van der Waals surface area contributed by atoms with Crippen LogP contribution >= 0.6 is 0 Å². The highest BCUT2D eigenvalue weighted by molar-refractivity contribution is 6.03. The summed E-state index contributed by atoms with van der Waals surface area (Å²) >= 11 is 0. The molecule has 2 aromatic rings. The molecule has 3 rings (SSSR count). The van der Waals surface area contributed by atoms with E-state index in [1.54, 1.807) is 24.3 Å². The number of nitrogens with one attached hydrogen (secondary N) is 2. The topological polar surface area (TPSA) is 105 Å². The Morgan fingerprint density at radius 3 is 2.46 bits per heavy atom. The van der Waals surface area contributed by atoms with Crippen LogP contribution in [0.4, 0.5) is 11.4 Å². The number of anilines is 2. The van der Waals surface area contributed by atoms with E-state index >= 15 is 0 Å². The van der Waals surface area contributed by atoms with E-state index in [0.717, 1.165) is 25.1 Å². The van der Waals surface area contributed by atoms with Gasteiger partial charge >= 0.3 is 0 Å². The van der Waals surface area contributed by atoms with Crippen LogP contribution in [-0.4, -0.2) is 42.3 Å². The zero-order chi connectivity index (χ0) is 19.9. The van der Waals surface area contributed by atoms with Crippen molar-refractivity contribution in [1.29, 1.82) is 0 Å². The lowest BCUT2D eigenvalue weighted by Gasteiger charge is -2.31. The third-order valence-electron chi connectivity index (χ3n) is 4.75. The number of nitrogens with two attached hydrogens (primary N) is 1. The molecule has 7 nitrogen and oxygen atoms in total. The number of rotatable bonds is 6. The zero-order valence-electron chi connectivity index (χ0n) is 15.6. The fourth-order valence-electron chi connectivity index (χ4n) is 3.38. The van der Waals surface area contributed by atoms with Gasteiger partial charge in [0.15, 0.2) is 0 Å². The molecule has 1 aliphatic rings. The Morgan fingerprint density at radius 1 is 1.00 bits per heavy atom. The number of carbonyl (C=O) groups is 3. The second-order valence-electron chi connectivity index (χ2n) is 6.89. The van der Waals surface area contributed by atoms with Crippen LogP contribution in [-0.2, 0) is 9.59 Å². The minimum Gasteiger partial charge on any atom is -0.366 e. The molecule has 0 aromatic heterocycles. The molecular formula is C21H24N4O3. The summed E-state index contributed by atoms with van der Waals surface area (Å²) in [5.74, 6) is -1.03. The molecule has 0 saturated carbocycles. The normalized spacial score (nSPS) is 16.9. The molecule has 1 atom stereocenters. The summed E-state index contributed by atoms with van der Waals surface area (Å²) in [4.78, 5) is 38.4. The molecule has 3 amide bonds. The minimum absolute atomic E-state index is 0.0321.